The molecule has 0 bridgehead atoms. The number of benzene rings is 1. The van der Waals surface area contributed by atoms with E-state index in [1.54, 1.807) is 11.0 Å². The maximum absolute atomic E-state index is 12.9. The summed E-state index contributed by atoms with van der Waals surface area (Å²) in [4.78, 5) is 13.4. The first kappa shape index (κ1) is 14.1. The smallest absolute Gasteiger partial charge is 0.238 e. The van der Waals surface area contributed by atoms with Crippen LogP contribution in [0.1, 0.15) is 13.3 Å². The molecule has 0 saturated carbocycles. The van der Waals surface area contributed by atoms with Crippen molar-refractivity contribution >= 4 is 11.6 Å². The van der Waals surface area contributed by atoms with Crippen molar-refractivity contribution in [2.75, 3.05) is 25.0 Å². The molecule has 1 rings (SSSR count). The van der Waals surface area contributed by atoms with Gasteiger partial charge in [0.25, 0.3) is 0 Å². The molecule has 0 fully saturated rings. The molecule has 0 saturated heterocycles. The van der Waals surface area contributed by atoms with Gasteiger partial charge in [-0.15, -0.1) is 0 Å². The van der Waals surface area contributed by atoms with Crippen LogP contribution in [0.4, 0.5) is 10.1 Å². The molecule has 18 heavy (non-hydrogen) atoms. The lowest BCUT2D eigenvalue weighted by Crippen LogP contribution is -2.34. The van der Waals surface area contributed by atoms with E-state index in [0.29, 0.717) is 12.2 Å². The van der Waals surface area contributed by atoms with Crippen LogP contribution in [0, 0.1) is 17.1 Å². The van der Waals surface area contributed by atoms with E-state index in [2.05, 4.69) is 5.32 Å². The number of nitrogens with zero attached hydrogens (tertiary/aromatic N) is 2. The molecule has 0 aliphatic rings. The minimum absolute atomic E-state index is 0.137. The second-order valence-corrected chi connectivity index (χ2v) is 3.93. The molecule has 1 amide bonds. The van der Waals surface area contributed by atoms with Gasteiger partial charge in [-0.1, -0.05) is 13.0 Å². The van der Waals surface area contributed by atoms with E-state index >= 15 is 0 Å². The molecule has 0 aromatic heterocycles. The number of anilines is 1. The van der Waals surface area contributed by atoms with Crippen LogP contribution in [-0.4, -0.2) is 30.4 Å². The zero-order valence-electron chi connectivity index (χ0n) is 10.3. The highest BCUT2D eigenvalue weighted by Crippen LogP contribution is 2.08. The molecule has 1 aromatic carbocycles. The number of hydrogen-bond donors (Lipinski definition) is 1. The Balaban J connectivity index is 2.52. The Morgan fingerprint density at radius 1 is 1.56 bits per heavy atom. The van der Waals surface area contributed by atoms with Gasteiger partial charge < -0.3 is 5.32 Å². The molecule has 0 aliphatic carbocycles. The zero-order valence-corrected chi connectivity index (χ0v) is 10.3. The predicted octanol–water partition coefficient (Wildman–Crippen LogP) is 2.00. The molecule has 0 aliphatic heterocycles. The summed E-state index contributed by atoms with van der Waals surface area (Å²) in [6.07, 6.45) is 0.870. The van der Waals surface area contributed by atoms with Gasteiger partial charge in [0.2, 0.25) is 5.91 Å². The normalized spacial score (nSPS) is 10.1. The third kappa shape index (κ3) is 4.93. The molecule has 1 aromatic rings. The molecule has 0 atom stereocenters. The highest BCUT2D eigenvalue weighted by Gasteiger charge is 2.09. The predicted molar refractivity (Wildman–Crippen MR) is 67.4 cm³/mol. The van der Waals surface area contributed by atoms with Crippen LogP contribution in [0.3, 0.4) is 0 Å². The largest absolute Gasteiger partial charge is 0.325 e. The SMILES string of the molecule is CCCN(CC#N)CC(=O)Nc1cccc(F)c1. The lowest BCUT2D eigenvalue weighted by molar-refractivity contribution is -0.117. The lowest BCUT2D eigenvalue weighted by atomic mass is 10.3. The quantitative estimate of drug-likeness (QED) is 0.784. The van der Waals surface area contributed by atoms with E-state index < -0.39 is 5.82 Å². The van der Waals surface area contributed by atoms with E-state index in [1.165, 1.54) is 18.2 Å². The number of halogens is 1. The van der Waals surface area contributed by atoms with Gasteiger partial charge in [-0.05, 0) is 31.2 Å². The van der Waals surface area contributed by atoms with Crippen LogP contribution < -0.4 is 5.32 Å². The van der Waals surface area contributed by atoms with Crippen LogP contribution in [0.2, 0.25) is 0 Å². The van der Waals surface area contributed by atoms with E-state index in [0.717, 1.165) is 6.42 Å². The lowest BCUT2D eigenvalue weighted by Gasteiger charge is -2.17. The second-order valence-electron chi connectivity index (χ2n) is 3.93. The van der Waals surface area contributed by atoms with Crippen molar-refractivity contribution in [2.45, 2.75) is 13.3 Å². The fraction of sp³-hybridized carbons (Fsp3) is 0.385. The molecule has 0 radical (unpaired) electrons. The Bertz CT molecular complexity index is 442. The maximum atomic E-state index is 12.9. The highest BCUT2D eigenvalue weighted by molar-refractivity contribution is 5.92. The fourth-order valence-corrected chi connectivity index (χ4v) is 1.60. The van der Waals surface area contributed by atoms with Crippen molar-refractivity contribution in [2.24, 2.45) is 0 Å². The van der Waals surface area contributed by atoms with Gasteiger partial charge >= 0.3 is 0 Å². The average Bonchev–Trinajstić information content (AvgIpc) is 2.29. The third-order valence-electron chi connectivity index (χ3n) is 2.31. The second kappa shape index (κ2) is 7.41. The first-order chi connectivity index (χ1) is 8.65. The molecular formula is C13H16FN3O. The van der Waals surface area contributed by atoms with Gasteiger partial charge in [0.05, 0.1) is 19.2 Å². The Hall–Kier alpha value is -1.93. The highest BCUT2D eigenvalue weighted by atomic mass is 19.1. The van der Waals surface area contributed by atoms with Crippen LogP contribution in [-0.2, 0) is 4.79 Å². The standard InChI is InChI=1S/C13H16FN3O/c1-2-7-17(8-6-15)10-13(18)16-12-5-3-4-11(14)9-12/h3-5,9H,2,7-8,10H2,1H3,(H,16,18). The van der Waals surface area contributed by atoms with Crippen LogP contribution in [0.5, 0.6) is 0 Å². The van der Waals surface area contributed by atoms with E-state index in [4.69, 9.17) is 5.26 Å². The summed E-state index contributed by atoms with van der Waals surface area (Å²) in [7, 11) is 0. The van der Waals surface area contributed by atoms with Crippen molar-refractivity contribution < 1.29 is 9.18 Å². The summed E-state index contributed by atoms with van der Waals surface area (Å²) < 4.78 is 12.9. The topological polar surface area (TPSA) is 56.1 Å². The Kier molecular flexibility index (Phi) is 5.81. The van der Waals surface area contributed by atoms with Crippen LogP contribution >= 0.6 is 0 Å². The molecule has 1 N–H and O–H groups in total. The van der Waals surface area contributed by atoms with Gasteiger partial charge in [0.15, 0.2) is 0 Å². The molecule has 0 spiro atoms. The van der Waals surface area contributed by atoms with Gasteiger partial charge in [-0.3, -0.25) is 9.69 Å². The van der Waals surface area contributed by atoms with Crippen molar-refractivity contribution in [1.82, 2.24) is 4.90 Å². The Morgan fingerprint density at radius 3 is 2.94 bits per heavy atom. The van der Waals surface area contributed by atoms with Crippen molar-refractivity contribution in [3.8, 4) is 6.07 Å². The number of hydrogen-bond acceptors (Lipinski definition) is 3. The maximum Gasteiger partial charge on any atom is 0.238 e. The molecule has 0 unspecified atom stereocenters. The first-order valence-electron chi connectivity index (χ1n) is 5.80. The minimum Gasteiger partial charge on any atom is -0.325 e. The molecule has 96 valence electrons. The van der Waals surface area contributed by atoms with Crippen LogP contribution in [0.15, 0.2) is 24.3 Å². The average molecular weight is 249 g/mol. The third-order valence-corrected chi connectivity index (χ3v) is 2.31. The van der Waals surface area contributed by atoms with Gasteiger partial charge in [0, 0.05) is 5.69 Å². The number of rotatable bonds is 6. The van der Waals surface area contributed by atoms with Crippen LogP contribution in [0.25, 0.3) is 0 Å². The summed E-state index contributed by atoms with van der Waals surface area (Å²) in [5.74, 6) is -0.639. The van der Waals surface area contributed by atoms with Gasteiger partial charge in [-0.25, -0.2) is 4.39 Å². The van der Waals surface area contributed by atoms with Crippen molar-refractivity contribution in [1.29, 1.82) is 5.26 Å². The summed E-state index contributed by atoms with van der Waals surface area (Å²) in [5, 5.41) is 11.2. The van der Waals surface area contributed by atoms with Gasteiger partial charge in [-0.2, -0.15) is 5.26 Å². The summed E-state index contributed by atoms with van der Waals surface area (Å²) in [6, 6.07) is 7.74. The first-order valence-corrected chi connectivity index (χ1v) is 5.80. The number of carbonyl (C=O) groups is 1. The summed E-state index contributed by atoms with van der Waals surface area (Å²) in [5.41, 5.74) is 0.424. The summed E-state index contributed by atoms with van der Waals surface area (Å²) >= 11 is 0. The van der Waals surface area contributed by atoms with Gasteiger partial charge in [0.1, 0.15) is 5.82 Å². The van der Waals surface area contributed by atoms with Crippen molar-refractivity contribution in [3.05, 3.63) is 30.1 Å². The number of carbonyl (C=O) groups excluding carboxylic acids is 1. The Labute approximate surface area is 106 Å². The fourth-order valence-electron chi connectivity index (χ4n) is 1.60. The zero-order chi connectivity index (χ0) is 13.4. The summed E-state index contributed by atoms with van der Waals surface area (Å²) in [6.45, 7) is 3.02. The minimum atomic E-state index is -0.393. The van der Waals surface area contributed by atoms with Crippen molar-refractivity contribution in [3.63, 3.8) is 0 Å². The Morgan fingerprint density at radius 2 is 2.33 bits per heavy atom. The molecule has 5 heteroatoms. The van der Waals surface area contributed by atoms with E-state index in [9.17, 15) is 9.18 Å². The number of nitrogens with one attached hydrogen (secondary N) is 1. The van der Waals surface area contributed by atoms with E-state index in [-0.39, 0.29) is 19.0 Å². The molecular weight excluding hydrogens is 233 g/mol. The van der Waals surface area contributed by atoms with E-state index in [1.807, 2.05) is 13.0 Å². The molecule has 0 heterocycles. The monoisotopic (exact) mass is 249 g/mol. The molecule has 4 nitrogen and oxygen atoms in total. The number of amides is 1. The number of nitriles is 1.